The summed E-state index contributed by atoms with van der Waals surface area (Å²) in [6, 6.07) is 5.33. The molecule has 1 aromatic carbocycles. The maximum Gasteiger partial charge on any atom is 0.271 e. The van der Waals surface area contributed by atoms with E-state index in [4.69, 9.17) is 23.2 Å². The fourth-order valence-corrected chi connectivity index (χ4v) is 2.21. The first-order chi connectivity index (χ1) is 9.08. The molecule has 0 aliphatic rings. The number of hydrogen-bond donors (Lipinski definition) is 2. The molecule has 6 heteroatoms. The van der Waals surface area contributed by atoms with E-state index < -0.39 is 0 Å². The van der Waals surface area contributed by atoms with Crippen LogP contribution in [0.15, 0.2) is 24.5 Å². The molecule has 1 heterocycles. The van der Waals surface area contributed by atoms with Crippen molar-refractivity contribution >= 4 is 29.1 Å². The number of nitrogens with zero attached hydrogens (tertiary/aromatic N) is 1. The van der Waals surface area contributed by atoms with E-state index in [1.165, 1.54) is 6.33 Å². The third-order valence-electron chi connectivity index (χ3n) is 2.74. The van der Waals surface area contributed by atoms with Gasteiger partial charge in [-0.3, -0.25) is 4.79 Å². The van der Waals surface area contributed by atoms with Crippen LogP contribution in [0.2, 0.25) is 10.0 Å². The van der Waals surface area contributed by atoms with Crippen LogP contribution in [0.4, 0.5) is 0 Å². The lowest BCUT2D eigenvalue weighted by Gasteiger charge is -2.06. The second kappa shape index (κ2) is 6.08. The first kappa shape index (κ1) is 13.9. The summed E-state index contributed by atoms with van der Waals surface area (Å²) in [6.07, 6.45) is 2.14. The standard InChI is InChI=1S/C13H13Cl2N3O/c1-8-12(18-7-17-8)13(19)16-5-4-9-2-3-10(14)6-11(9)15/h2-3,6-7H,4-5H2,1H3,(H,16,19)(H,17,18). The van der Waals surface area contributed by atoms with Crippen molar-refractivity contribution < 1.29 is 4.79 Å². The highest BCUT2D eigenvalue weighted by Gasteiger charge is 2.11. The van der Waals surface area contributed by atoms with Crippen molar-refractivity contribution in [2.24, 2.45) is 0 Å². The SMILES string of the molecule is Cc1[nH]cnc1C(=O)NCCc1ccc(Cl)cc1Cl. The van der Waals surface area contributed by atoms with Gasteiger partial charge in [0.25, 0.3) is 5.91 Å². The summed E-state index contributed by atoms with van der Waals surface area (Å²) in [7, 11) is 0. The molecule has 0 unspecified atom stereocenters. The topological polar surface area (TPSA) is 57.8 Å². The van der Waals surface area contributed by atoms with Gasteiger partial charge in [-0.25, -0.2) is 4.98 Å². The molecule has 1 amide bonds. The van der Waals surface area contributed by atoms with E-state index in [2.05, 4.69) is 15.3 Å². The molecular formula is C13H13Cl2N3O. The van der Waals surface area contributed by atoms with Crippen LogP contribution in [0.3, 0.4) is 0 Å². The van der Waals surface area contributed by atoms with Gasteiger partial charge in [-0.05, 0) is 31.0 Å². The summed E-state index contributed by atoms with van der Waals surface area (Å²) in [5.74, 6) is -0.191. The Kier molecular flexibility index (Phi) is 4.45. The largest absolute Gasteiger partial charge is 0.350 e. The number of nitrogens with one attached hydrogen (secondary N) is 2. The van der Waals surface area contributed by atoms with E-state index in [1.54, 1.807) is 19.1 Å². The fraction of sp³-hybridized carbons (Fsp3) is 0.231. The highest BCUT2D eigenvalue weighted by atomic mass is 35.5. The van der Waals surface area contributed by atoms with Crippen molar-refractivity contribution in [3.8, 4) is 0 Å². The summed E-state index contributed by atoms with van der Waals surface area (Å²) in [5.41, 5.74) is 2.12. The van der Waals surface area contributed by atoms with Crippen molar-refractivity contribution in [2.75, 3.05) is 6.54 Å². The number of hydrogen-bond acceptors (Lipinski definition) is 2. The molecule has 0 fully saturated rings. The average molecular weight is 298 g/mol. The predicted molar refractivity (Wildman–Crippen MR) is 75.8 cm³/mol. The molecule has 2 rings (SSSR count). The number of carbonyl (C=O) groups excluding carboxylic acids is 1. The van der Waals surface area contributed by atoms with Gasteiger partial charge < -0.3 is 10.3 Å². The van der Waals surface area contributed by atoms with Crippen molar-refractivity contribution in [2.45, 2.75) is 13.3 Å². The first-order valence-corrected chi connectivity index (χ1v) is 6.55. The number of aryl methyl sites for hydroxylation is 1. The lowest BCUT2D eigenvalue weighted by molar-refractivity contribution is 0.0949. The molecule has 19 heavy (non-hydrogen) atoms. The highest BCUT2D eigenvalue weighted by molar-refractivity contribution is 6.35. The number of aromatic amines is 1. The minimum atomic E-state index is -0.191. The molecule has 0 aliphatic carbocycles. The van der Waals surface area contributed by atoms with Crippen LogP contribution < -0.4 is 5.32 Å². The lowest BCUT2D eigenvalue weighted by Crippen LogP contribution is -2.26. The van der Waals surface area contributed by atoms with E-state index in [-0.39, 0.29) is 5.91 Å². The zero-order valence-electron chi connectivity index (χ0n) is 10.3. The van der Waals surface area contributed by atoms with Crippen molar-refractivity contribution in [1.82, 2.24) is 15.3 Å². The Labute approximate surface area is 121 Å². The minimum absolute atomic E-state index is 0.191. The zero-order chi connectivity index (χ0) is 13.8. The smallest absolute Gasteiger partial charge is 0.271 e. The second-order valence-electron chi connectivity index (χ2n) is 4.12. The molecule has 2 N–H and O–H groups in total. The molecule has 1 aromatic heterocycles. The van der Waals surface area contributed by atoms with Crippen LogP contribution >= 0.6 is 23.2 Å². The molecule has 4 nitrogen and oxygen atoms in total. The molecule has 2 aromatic rings. The van der Waals surface area contributed by atoms with E-state index in [0.29, 0.717) is 28.7 Å². The van der Waals surface area contributed by atoms with E-state index in [0.717, 1.165) is 11.3 Å². The van der Waals surface area contributed by atoms with Gasteiger partial charge in [0.05, 0.1) is 6.33 Å². The third kappa shape index (κ3) is 3.49. The Balaban J connectivity index is 1.90. The molecule has 0 saturated carbocycles. The van der Waals surface area contributed by atoms with Crippen molar-refractivity contribution in [1.29, 1.82) is 0 Å². The maximum absolute atomic E-state index is 11.8. The highest BCUT2D eigenvalue weighted by Crippen LogP contribution is 2.21. The monoisotopic (exact) mass is 297 g/mol. The van der Waals surface area contributed by atoms with Gasteiger partial charge in [-0.2, -0.15) is 0 Å². The van der Waals surface area contributed by atoms with Crippen LogP contribution in [-0.4, -0.2) is 22.4 Å². The van der Waals surface area contributed by atoms with Gasteiger partial charge in [0.2, 0.25) is 0 Å². The number of carbonyl (C=O) groups is 1. The van der Waals surface area contributed by atoms with Crippen molar-refractivity contribution in [3.63, 3.8) is 0 Å². The number of rotatable bonds is 4. The molecule has 0 saturated heterocycles. The van der Waals surface area contributed by atoms with Gasteiger partial charge in [0.15, 0.2) is 0 Å². The summed E-state index contributed by atoms with van der Waals surface area (Å²) in [5, 5.41) is 4.01. The lowest BCUT2D eigenvalue weighted by atomic mass is 10.1. The number of benzene rings is 1. The summed E-state index contributed by atoms with van der Waals surface area (Å²) in [4.78, 5) is 18.6. The molecular weight excluding hydrogens is 285 g/mol. The van der Waals surface area contributed by atoms with Crippen LogP contribution in [-0.2, 0) is 6.42 Å². The normalized spacial score (nSPS) is 10.5. The quantitative estimate of drug-likeness (QED) is 0.911. The van der Waals surface area contributed by atoms with Crippen molar-refractivity contribution in [3.05, 3.63) is 51.5 Å². The van der Waals surface area contributed by atoms with E-state index in [9.17, 15) is 4.79 Å². The average Bonchev–Trinajstić information content (AvgIpc) is 2.78. The first-order valence-electron chi connectivity index (χ1n) is 5.80. The van der Waals surface area contributed by atoms with Gasteiger partial charge >= 0.3 is 0 Å². The number of H-pyrrole nitrogens is 1. The van der Waals surface area contributed by atoms with Crippen LogP contribution in [0.1, 0.15) is 21.7 Å². The van der Waals surface area contributed by atoms with Gasteiger partial charge in [0, 0.05) is 22.3 Å². The summed E-state index contributed by atoms with van der Waals surface area (Å²) < 4.78 is 0. The van der Waals surface area contributed by atoms with Crippen LogP contribution in [0, 0.1) is 6.92 Å². The molecule has 0 aliphatic heterocycles. The summed E-state index contributed by atoms with van der Waals surface area (Å²) in [6.45, 7) is 2.30. The molecule has 0 radical (unpaired) electrons. The minimum Gasteiger partial charge on any atom is -0.350 e. The van der Waals surface area contributed by atoms with Crippen LogP contribution in [0.5, 0.6) is 0 Å². The summed E-state index contributed by atoms with van der Waals surface area (Å²) >= 11 is 11.9. The molecule has 0 spiro atoms. The number of amides is 1. The number of halogens is 2. The molecule has 100 valence electrons. The predicted octanol–water partition coefficient (Wildman–Crippen LogP) is 3.00. The van der Waals surface area contributed by atoms with Gasteiger partial charge in [-0.1, -0.05) is 29.3 Å². The van der Waals surface area contributed by atoms with Crippen LogP contribution in [0.25, 0.3) is 0 Å². The third-order valence-corrected chi connectivity index (χ3v) is 3.33. The second-order valence-corrected chi connectivity index (χ2v) is 4.96. The Bertz CT molecular complexity index is 595. The Morgan fingerprint density at radius 1 is 1.42 bits per heavy atom. The molecule has 0 bridgehead atoms. The van der Waals surface area contributed by atoms with Gasteiger partial charge in [-0.15, -0.1) is 0 Å². The van der Waals surface area contributed by atoms with E-state index in [1.807, 2.05) is 6.07 Å². The van der Waals surface area contributed by atoms with Gasteiger partial charge in [0.1, 0.15) is 5.69 Å². The Morgan fingerprint density at radius 3 is 2.84 bits per heavy atom. The molecule has 0 atom stereocenters. The Morgan fingerprint density at radius 2 is 2.21 bits per heavy atom. The zero-order valence-corrected chi connectivity index (χ0v) is 11.8. The fourth-order valence-electron chi connectivity index (χ4n) is 1.71. The number of imidazole rings is 1. The maximum atomic E-state index is 11.8. The van der Waals surface area contributed by atoms with E-state index >= 15 is 0 Å². The Hall–Kier alpha value is -1.52. The number of aromatic nitrogens is 2.